The summed E-state index contributed by atoms with van der Waals surface area (Å²) in [4.78, 5) is 18.0. The van der Waals surface area contributed by atoms with Crippen LogP contribution in [0.25, 0.3) is 0 Å². The summed E-state index contributed by atoms with van der Waals surface area (Å²) >= 11 is 6.10. The Balaban J connectivity index is 2.08. The van der Waals surface area contributed by atoms with Gasteiger partial charge in [0.2, 0.25) is 0 Å². The number of rotatable bonds is 4. The van der Waals surface area contributed by atoms with Gasteiger partial charge < -0.3 is 15.3 Å². The van der Waals surface area contributed by atoms with Crippen LogP contribution in [0.5, 0.6) is 0 Å². The van der Waals surface area contributed by atoms with Crippen LogP contribution < -0.4 is 5.32 Å². The van der Waals surface area contributed by atoms with E-state index in [0.717, 1.165) is 13.0 Å². The van der Waals surface area contributed by atoms with Crippen molar-refractivity contribution >= 4 is 23.3 Å². The normalized spacial score (nSPS) is 18.7. The molecule has 19 heavy (non-hydrogen) atoms. The van der Waals surface area contributed by atoms with Crippen molar-refractivity contribution in [2.45, 2.75) is 25.9 Å². The van der Waals surface area contributed by atoms with E-state index < -0.39 is 6.10 Å². The van der Waals surface area contributed by atoms with Crippen LogP contribution in [0.1, 0.15) is 30.1 Å². The number of amides is 1. The summed E-state index contributed by atoms with van der Waals surface area (Å²) in [5.41, 5.74) is 0.459. The number of aliphatic hydroxyl groups is 1. The molecule has 5 nitrogen and oxygen atoms in total. The lowest BCUT2D eigenvalue weighted by Crippen LogP contribution is -2.29. The number of aliphatic hydroxyl groups excluding tert-OH is 1. The Bertz CT molecular complexity index is 467. The SMILES string of the molecule is CCCNc1ncc(C(=O)N2CCC(O)C2)cc1Cl. The van der Waals surface area contributed by atoms with Gasteiger partial charge in [-0.05, 0) is 18.9 Å². The first kappa shape index (κ1) is 14.1. The number of likely N-dealkylation sites (tertiary alicyclic amines) is 1. The van der Waals surface area contributed by atoms with E-state index in [2.05, 4.69) is 17.2 Å². The highest BCUT2D eigenvalue weighted by Gasteiger charge is 2.25. The fraction of sp³-hybridized carbons (Fsp3) is 0.538. The van der Waals surface area contributed by atoms with E-state index in [0.29, 0.717) is 35.9 Å². The van der Waals surface area contributed by atoms with Gasteiger partial charge in [-0.1, -0.05) is 18.5 Å². The number of nitrogens with one attached hydrogen (secondary N) is 1. The van der Waals surface area contributed by atoms with E-state index in [4.69, 9.17) is 11.6 Å². The minimum absolute atomic E-state index is 0.131. The molecule has 1 aliphatic rings. The van der Waals surface area contributed by atoms with Gasteiger partial charge in [-0.3, -0.25) is 4.79 Å². The van der Waals surface area contributed by atoms with Crippen LogP contribution in [0.4, 0.5) is 5.82 Å². The molecule has 0 aliphatic carbocycles. The van der Waals surface area contributed by atoms with Crippen LogP contribution in [-0.2, 0) is 0 Å². The molecule has 104 valence electrons. The lowest BCUT2D eigenvalue weighted by molar-refractivity contribution is 0.0764. The zero-order chi connectivity index (χ0) is 13.8. The van der Waals surface area contributed by atoms with Gasteiger partial charge in [0.15, 0.2) is 0 Å². The maximum absolute atomic E-state index is 12.2. The van der Waals surface area contributed by atoms with Gasteiger partial charge >= 0.3 is 0 Å². The molecule has 0 radical (unpaired) electrons. The molecule has 0 bridgehead atoms. The monoisotopic (exact) mass is 283 g/mol. The molecule has 1 aromatic heterocycles. The molecule has 1 amide bonds. The Hall–Kier alpha value is -1.33. The highest BCUT2D eigenvalue weighted by atomic mass is 35.5. The summed E-state index contributed by atoms with van der Waals surface area (Å²) in [6, 6.07) is 1.62. The molecule has 0 saturated carbocycles. The Morgan fingerprint density at radius 2 is 2.47 bits per heavy atom. The summed E-state index contributed by atoms with van der Waals surface area (Å²) in [5, 5.41) is 13.0. The van der Waals surface area contributed by atoms with Crippen LogP contribution in [0.15, 0.2) is 12.3 Å². The van der Waals surface area contributed by atoms with Gasteiger partial charge in [0.05, 0.1) is 16.7 Å². The predicted octanol–water partition coefficient (Wildman–Crippen LogP) is 1.76. The molecule has 1 atom stereocenters. The number of carbonyl (C=O) groups excluding carboxylic acids is 1. The number of carbonyl (C=O) groups is 1. The molecule has 1 aromatic rings. The second kappa shape index (κ2) is 6.21. The van der Waals surface area contributed by atoms with Crippen molar-refractivity contribution in [3.8, 4) is 0 Å². The number of hydrogen-bond donors (Lipinski definition) is 2. The molecule has 1 aliphatic heterocycles. The van der Waals surface area contributed by atoms with E-state index in [1.807, 2.05) is 0 Å². The third-order valence-electron chi connectivity index (χ3n) is 3.08. The van der Waals surface area contributed by atoms with Crippen molar-refractivity contribution < 1.29 is 9.90 Å². The first-order valence-electron chi connectivity index (χ1n) is 6.48. The molecule has 6 heteroatoms. The number of β-amino-alcohol motifs (C(OH)–C–C–N with tert-alkyl or cyclic N) is 1. The minimum Gasteiger partial charge on any atom is -0.391 e. The van der Waals surface area contributed by atoms with E-state index >= 15 is 0 Å². The van der Waals surface area contributed by atoms with Crippen LogP contribution in [0.2, 0.25) is 5.02 Å². The van der Waals surface area contributed by atoms with Crippen LogP contribution in [0.3, 0.4) is 0 Å². The lowest BCUT2D eigenvalue weighted by Gasteiger charge is -2.16. The largest absolute Gasteiger partial charge is 0.391 e. The second-order valence-electron chi connectivity index (χ2n) is 4.67. The zero-order valence-corrected chi connectivity index (χ0v) is 11.7. The third kappa shape index (κ3) is 3.36. The zero-order valence-electron chi connectivity index (χ0n) is 10.9. The molecular formula is C13H18ClN3O2. The van der Waals surface area contributed by atoms with Crippen molar-refractivity contribution in [2.24, 2.45) is 0 Å². The van der Waals surface area contributed by atoms with E-state index in [1.165, 1.54) is 6.20 Å². The Kier molecular flexibility index (Phi) is 4.61. The molecule has 0 spiro atoms. The fourth-order valence-corrected chi connectivity index (χ4v) is 2.27. The number of halogens is 1. The second-order valence-corrected chi connectivity index (χ2v) is 5.08. The molecule has 1 fully saturated rings. The van der Waals surface area contributed by atoms with Gasteiger partial charge in [-0.25, -0.2) is 4.98 Å². The van der Waals surface area contributed by atoms with Crippen LogP contribution >= 0.6 is 11.6 Å². The first-order valence-corrected chi connectivity index (χ1v) is 6.86. The summed E-state index contributed by atoms with van der Waals surface area (Å²) in [5.74, 6) is 0.467. The molecular weight excluding hydrogens is 266 g/mol. The number of anilines is 1. The average molecular weight is 284 g/mol. The van der Waals surface area contributed by atoms with Crippen molar-refractivity contribution in [3.63, 3.8) is 0 Å². The summed E-state index contributed by atoms with van der Waals surface area (Å²) in [6.07, 6.45) is 2.71. The Morgan fingerprint density at radius 1 is 1.68 bits per heavy atom. The molecule has 1 saturated heterocycles. The molecule has 2 heterocycles. The number of nitrogens with zero attached hydrogens (tertiary/aromatic N) is 2. The molecule has 1 unspecified atom stereocenters. The van der Waals surface area contributed by atoms with E-state index in [1.54, 1.807) is 11.0 Å². The predicted molar refractivity (Wildman–Crippen MR) is 74.6 cm³/mol. The van der Waals surface area contributed by atoms with E-state index in [-0.39, 0.29) is 5.91 Å². The Morgan fingerprint density at radius 3 is 3.05 bits per heavy atom. The molecule has 2 N–H and O–H groups in total. The Labute approximate surface area is 117 Å². The topological polar surface area (TPSA) is 65.5 Å². The van der Waals surface area contributed by atoms with Crippen molar-refractivity contribution in [1.29, 1.82) is 0 Å². The summed E-state index contributed by atoms with van der Waals surface area (Å²) < 4.78 is 0. The minimum atomic E-state index is -0.419. The summed E-state index contributed by atoms with van der Waals surface area (Å²) in [6.45, 7) is 3.80. The summed E-state index contributed by atoms with van der Waals surface area (Å²) in [7, 11) is 0. The van der Waals surface area contributed by atoms with Gasteiger partial charge in [0.1, 0.15) is 5.82 Å². The van der Waals surface area contributed by atoms with Gasteiger partial charge in [0, 0.05) is 25.8 Å². The standard InChI is InChI=1S/C13H18ClN3O2/c1-2-4-15-12-11(14)6-9(7-16-12)13(19)17-5-3-10(18)8-17/h6-7,10,18H,2-5,8H2,1H3,(H,15,16). The highest BCUT2D eigenvalue weighted by molar-refractivity contribution is 6.33. The van der Waals surface area contributed by atoms with Crippen LogP contribution in [0, 0.1) is 0 Å². The number of aromatic nitrogens is 1. The first-order chi connectivity index (χ1) is 9.11. The van der Waals surface area contributed by atoms with E-state index in [9.17, 15) is 9.90 Å². The number of pyridine rings is 1. The fourth-order valence-electron chi connectivity index (χ4n) is 2.04. The van der Waals surface area contributed by atoms with Gasteiger partial charge in [-0.2, -0.15) is 0 Å². The van der Waals surface area contributed by atoms with Crippen molar-refractivity contribution in [2.75, 3.05) is 25.0 Å². The third-order valence-corrected chi connectivity index (χ3v) is 3.37. The quantitative estimate of drug-likeness (QED) is 0.884. The lowest BCUT2D eigenvalue weighted by atomic mass is 10.2. The van der Waals surface area contributed by atoms with Gasteiger partial charge in [0.25, 0.3) is 5.91 Å². The van der Waals surface area contributed by atoms with Gasteiger partial charge in [-0.15, -0.1) is 0 Å². The average Bonchev–Trinajstić information content (AvgIpc) is 2.83. The smallest absolute Gasteiger partial charge is 0.255 e. The highest BCUT2D eigenvalue weighted by Crippen LogP contribution is 2.22. The molecule has 0 aromatic carbocycles. The van der Waals surface area contributed by atoms with Crippen LogP contribution in [-0.4, -0.2) is 46.6 Å². The van der Waals surface area contributed by atoms with Crippen molar-refractivity contribution in [1.82, 2.24) is 9.88 Å². The maximum atomic E-state index is 12.2. The molecule has 2 rings (SSSR count). The van der Waals surface area contributed by atoms with Crippen molar-refractivity contribution in [3.05, 3.63) is 22.8 Å². The maximum Gasteiger partial charge on any atom is 0.255 e. The number of hydrogen-bond acceptors (Lipinski definition) is 4.